The third kappa shape index (κ3) is 7.22. The van der Waals surface area contributed by atoms with Crippen molar-refractivity contribution in [3.63, 3.8) is 0 Å². The van der Waals surface area contributed by atoms with E-state index >= 15 is 0 Å². The van der Waals surface area contributed by atoms with E-state index in [1.807, 2.05) is 13.8 Å². The third-order valence-corrected chi connectivity index (χ3v) is 2.78. The van der Waals surface area contributed by atoms with E-state index in [1.165, 1.54) is 12.1 Å². The van der Waals surface area contributed by atoms with Gasteiger partial charge in [-0.05, 0) is 32.0 Å². The first-order valence-corrected chi connectivity index (χ1v) is 7.05. The summed E-state index contributed by atoms with van der Waals surface area (Å²) >= 11 is 3.08. The van der Waals surface area contributed by atoms with Gasteiger partial charge in [-0.3, -0.25) is 4.79 Å². The van der Waals surface area contributed by atoms with E-state index < -0.39 is 6.36 Å². The maximum absolute atomic E-state index is 12.3. The average Bonchev–Trinajstić information content (AvgIpc) is 2.28. The van der Waals surface area contributed by atoms with Crippen LogP contribution in [0.1, 0.15) is 20.3 Å². The number of hydrogen-bond donors (Lipinski definition) is 2. The quantitative estimate of drug-likeness (QED) is 0.805. The molecule has 0 heterocycles. The van der Waals surface area contributed by atoms with Crippen molar-refractivity contribution in [3.8, 4) is 5.75 Å². The van der Waals surface area contributed by atoms with Gasteiger partial charge in [-0.1, -0.05) is 15.9 Å². The highest BCUT2D eigenvalue weighted by atomic mass is 79.9. The first kappa shape index (κ1) is 17.6. The van der Waals surface area contributed by atoms with Gasteiger partial charge in [0.05, 0.1) is 5.69 Å². The van der Waals surface area contributed by atoms with Gasteiger partial charge < -0.3 is 15.4 Å². The van der Waals surface area contributed by atoms with Crippen LogP contribution in [0.3, 0.4) is 0 Å². The zero-order valence-corrected chi connectivity index (χ0v) is 13.1. The second kappa shape index (κ2) is 7.53. The molecule has 0 radical (unpaired) electrons. The number of nitrogens with one attached hydrogen (secondary N) is 2. The first-order valence-electron chi connectivity index (χ1n) is 6.26. The van der Waals surface area contributed by atoms with Crippen LogP contribution < -0.4 is 15.4 Å². The largest absolute Gasteiger partial charge is 0.573 e. The van der Waals surface area contributed by atoms with Crippen molar-refractivity contribution in [1.82, 2.24) is 5.32 Å². The maximum atomic E-state index is 12.3. The molecule has 0 atom stereocenters. The normalized spacial score (nSPS) is 11.4. The number of rotatable bonds is 6. The zero-order valence-electron chi connectivity index (χ0n) is 11.6. The van der Waals surface area contributed by atoms with Crippen LogP contribution in [-0.4, -0.2) is 24.9 Å². The second-order valence-corrected chi connectivity index (χ2v) is 5.50. The van der Waals surface area contributed by atoms with Gasteiger partial charge in [0.2, 0.25) is 5.91 Å². The standard InChI is InChI=1S/C13H16BrF3N2O2/c1-8(2)19-12(20)5-6-18-10-4-3-9(14)7-11(10)21-13(15,16)17/h3-4,7-8,18H,5-6H2,1-2H3,(H,19,20). The van der Waals surface area contributed by atoms with E-state index in [1.54, 1.807) is 6.07 Å². The molecule has 118 valence electrons. The average molecular weight is 369 g/mol. The van der Waals surface area contributed by atoms with Crippen molar-refractivity contribution in [2.45, 2.75) is 32.7 Å². The molecule has 0 bridgehead atoms. The molecule has 0 aliphatic carbocycles. The van der Waals surface area contributed by atoms with Crippen LogP contribution in [0.2, 0.25) is 0 Å². The Kier molecular flexibility index (Phi) is 6.32. The molecule has 8 heteroatoms. The molecule has 2 N–H and O–H groups in total. The van der Waals surface area contributed by atoms with Gasteiger partial charge in [0.25, 0.3) is 0 Å². The summed E-state index contributed by atoms with van der Waals surface area (Å²) in [6.07, 6.45) is -4.62. The fourth-order valence-electron chi connectivity index (χ4n) is 1.56. The lowest BCUT2D eigenvalue weighted by Crippen LogP contribution is -2.31. The van der Waals surface area contributed by atoms with Gasteiger partial charge in [-0.15, -0.1) is 13.2 Å². The molecule has 0 saturated heterocycles. The third-order valence-electron chi connectivity index (χ3n) is 2.29. The van der Waals surface area contributed by atoms with Crippen molar-refractivity contribution in [2.75, 3.05) is 11.9 Å². The Hall–Kier alpha value is -1.44. The number of benzene rings is 1. The Balaban J connectivity index is 2.64. The summed E-state index contributed by atoms with van der Waals surface area (Å²) in [5.41, 5.74) is 0.174. The highest BCUT2D eigenvalue weighted by Gasteiger charge is 2.32. The molecule has 0 spiro atoms. The fraction of sp³-hybridized carbons (Fsp3) is 0.462. The molecule has 0 aliphatic heterocycles. The van der Waals surface area contributed by atoms with Crippen LogP contribution in [-0.2, 0) is 4.79 Å². The summed E-state index contributed by atoms with van der Waals surface area (Å²) in [6.45, 7) is 3.86. The van der Waals surface area contributed by atoms with Gasteiger partial charge in [-0.25, -0.2) is 0 Å². The van der Waals surface area contributed by atoms with E-state index in [2.05, 4.69) is 31.3 Å². The van der Waals surface area contributed by atoms with Crippen molar-refractivity contribution in [3.05, 3.63) is 22.7 Å². The fourth-order valence-corrected chi connectivity index (χ4v) is 1.90. The van der Waals surface area contributed by atoms with Gasteiger partial charge in [0.1, 0.15) is 0 Å². The number of carbonyl (C=O) groups is 1. The lowest BCUT2D eigenvalue weighted by Gasteiger charge is -2.15. The minimum atomic E-state index is -4.77. The van der Waals surface area contributed by atoms with Crippen molar-refractivity contribution < 1.29 is 22.7 Å². The number of hydrogen-bond acceptors (Lipinski definition) is 3. The number of amides is 1. The molecule has 0 aliphatic rings. The SMILES string of the molecule is CC(C)NC(=O)CCNc1ccc(Br)cc1OC(F)(F)F. The van der Waals surface area contributed by atoms with Gasteiger partial charge in [0.15, 0.2) is 5.75 Å². The van der Waals surface area contributed by atoms with Crippen LogP contribution in [0, 0.1) is 0 Å². The summed E-state index contributed by atoms with van der Waals surface area (Å²) < 4.78 is 41.4. The van der Waals surface area contributed by atoms with Crippen molar-refractivity contribution in [1.29, 1.82) is 0 Å². The number of ether oxygens (including phenoxy) is 1. The number of halogens is 4. The van der Waals surface area contributed by atoms with Crippen LogP contribution in [0.25, 0.3) is 0 Å². The zero-order chi connectivity index (χ0) is 16.0. The van der Waals surface area contributed by atoms with Gasteiger partial charge >= 0.3 is 6.36 Å². The highest BCUT2D eigenvalue weighted by Crippen LogP contribution is 2.32. The number of carbonyl (C=O) groups excluding carboxylic acids is 1. The monoisotopic (exact) mass is 368 g/mol. The van der Waals surface area contributed by atoms with E-state index in [-0.39, 0.29) is 36.4 Å². The Bertz CT molecular complexity index is 493. The molecule has 21 heavy (non-hydrogen) atoms. The maximum Gasteiger partial charge on any atom is 0.573 e. The Morgan fingerprint density at radius 1 is 1.38 bits per heavy atom. The van der Waals surface area contributed by atoms with Crippen LogP contribution >= 0.6 is 15.9 Å². The van der Waals surface area contributed by atoms with Crippen LogP contribution in [0.5, 0.6) is 5.75 Å². The molecule has 0 aromatic heterocycles. The molecule has 1 aromatic rings. The minimum absolute atomic E-state index is 0.0225. The molecule has 1 rings (SSSR count). The molecular formula is C13H16BrF3N2O2. The van der Waals surface area contributed by atoms with E-state index in [0.717, 1.165) is 0 Å². The molecule has 0 unspecified atom stereocenters. The summed E-state index contributed by atoms with van der Waals surface area (Å²) in [4.78, 5) is 11.4. The predicted octanol–water partition coefficient (Wildman–Crippen LogP) is 3.67. The summed E-state index contributed by atoms with van der Waals surface area (Å²) in [5.74, 6) is -0.519. The first-order chi connectivity index (χ1) is 9.67. The molecular weight excluding hydrogens is 353 g/mol. The number of anilines is 1. The molecule has 1 aromatic carbocycles. The van der Waals surface area contributed by atoms with E-state index in [9.17, 15) is 18.0 Å². The Morgan fingerprint density at radius 2 is 2.05 bits per heavy atom. The van der Waals surface area contributed by atoms with Crippen molar-refractivity contribution >= 4 is 27.5 Å². The highest BCUT2D eigenvalue weighted by molar-refractivity contribution is 9.10. The molecule has 4 nitrogen and oxygen atoms in total. The molecule has 1 amide bonds. The topological polar surface area (TPSA) is 50.4 Å². The van der Waals surface area contributed by atoms with Gasteiger partial charge in [-0.2, -0.15) is 0 Å². The predicted molar refractivity (Wildman–Crippen MR) is 77.2 cm³/mol. The second-order valence-electron chi connectivity index (χ2n) is 4.59. The summed E-state index contributed by atoms with van der Waals surface area (Å²) in [7, 11) is 0. The smallest absolute Gasteiger partial charge is 0.404 e. The van der Waals surface area contributed by atoms with E-state index in [4.69, 9.17) is 0 Å². The lowest BCUT2D eigenvalue weighted by atomic mass is 10.2. The summed E-state index contributed by atoms with van der Waals surface area (Å²) in [6, 6.07) is 4.27. The summed E-state index contributed by atoms with van der Waals surface area (Å²) in [5, 5.41) is 5.45. The van der Waals surface area contributed by atoms with Crippen molar-refractivity contribution in [2.24, 2.45) is 0 Å². The number of alkyl halides is 3. The molecule has 0 fully saturated rings. The van der Waals surface area contributed by atoms with E-state index in [0.29, 0.717) is 4.47 Å². The minimum Gasteiger partial charge on any atom is -0.404 e. The Morgan fingerprint density at radius 3 is 2.62 bits per heavy atom. The molecule has 0 saturated carbocycles. The van der Waals surface area contributed by atoms with Gasteiger partial charge in [0, 0.05) is 23.5 Å². The Labute approximate surface area is 129 Å². The van der Waals surface area contributed by atoms with Crippen LogP contribution in [0.15, 0.2) is 22.7 Å². The lowest BCUT2D eigenvalue weighted by molar-refractivity contribution is -0.274. The van der Waals surface area contributed by atoms with Crippen LogP contribution in [0.4, 0.5) is 18.9 Å².